The van der Waals surface area contributed by atoms with Crippen LogP contribution in [0.3, 0.4) is 0 Å². The van der Waals surface area contributed by atoms with Gasteiger partial charge in [0.05, 0.1) is 6.10 Å². The second kappa shape index (κ2) is 5.35. The van der Waals surface area contributed by atoms with Gasteiger partial charge in [0.15, 0.2) is 0 Å². The number of nitrogens with one attached hydrogen (secondary N) is 1. The summed E-state index contributed by atoms with van der Waals surface area (Å²) < 4.78 is 5.63. The van der Waals surface area contributed by atoms with Gasteiger partial charge >= 0.3 is 0 Å². The highest BCUT2D eigenvalue weighted by Gasteiger charge is 2.30. The average molecular weight is 199 g/mol. The summed E-state index contributed by atoms with van der Waals surface area (Å²) in [6.07, 6.45) is 2.92. The quantitative estimate of drug-likeness (QED) is 0.732. The highest BCUT2D eigenvalue weighted by molar-refractivity contribution is 5.75. The lowest BCUT2D eigenvalue weighted by atomic mass is 9.89. The third kappa shape index (κ3) is 3.66. The Morgan fingerprint density at radius 2 is 2.14 bits per heavy atom. The molecule has 1 fully saturated rings. The van der Waals surface area contributed by atoms with Gasteiger partial charge in [0.1, 0.15) is 0 Å². The van der Waals surface area contributed by atoms with Gasteiger partial charge in [-0.15, -0.1) is 0 Å². The van der Waals surface area contributed by atoms with Crippen molar-refractivity contribution in [3.8, 4) is 0 Å². The topological polar surface area (TPSA) is 38.3 Å². The molecule has 1 saturated carbocycles. The zero-order chi connectivity index (χ0) is 10.6. The first-order valence-electron chi connectivity index (χ1n) is 5.52. The van der Waals surface area contributed by atoms with E-state index in [2.05, 4.69) is 19.2 Å². The monoisotopic (exact) mass is 199 g/mol. The van der Waals surface area contributed by atoms with Crippen LogP contribution in [0.1, 0.15) is 40.0 Å². The van der Waals surface area contributed by atoms with Crippen LogP contribution in [0.25, 0.3) is 0 Å². The maximum absolute atomic E-state index is 11.0. The summed E-state index contributed by atoms with van der Waals surface area (Å²) in [4.78, 5) is 11.0. The lowest BCUT2D eigenvalue weighted by Crippen LogP contribution is -2.47. The average Bonchev–Trinajstić information content (AvgIpc) is 2.07. The van der Waals surface area contributed by atoms with E-state index in [1.165, 1.54) is 0 Å². The van der Waals surface area contributed by atoms with Crippen molar-refractivity contribution in [2.75, 3.05) is 6.61 Å². The van der Waals surface area contributed by atoms with E-state index in [1.54, 1.807) is 0 Å². The van der Waals surface area contributed by atoms with Gasteiger partial charge in [0.2, 0.25) is 5.91 Å². The van der Waals surface area contributed by atoms with Gasteiger partial charge in [-0.1, -0.05) is 20.8 Å². The van der Waals surface area contributed by atoms with Gasteiger partial charge in [0.25, 0.3) is 0 Å². The molecule has 0 heterocycles. The number of amides is 1. The Labute approximate surface area is 86.2 Å². The van der Waals surface area contributed by atoms with Gasteiger partial charge in [-0.3, -0.25) is 4.79 Å². The van der Waals surface area contributed by atoms with E-state index in [9.17, 15) is 4.79 Å². The molecule has 0 spiro atoms. The standard InChI is InChI=1S/C11H21NO2/c1-4-11(13)12-9-5-10(6-9)14-7-8(2)3/h8-10H,4-7H2,1-3H3,(H,12,13). The molecular weight excluding hydrogens is 178 g/mol. The van der Waals surface area contributed by atoms with Crippen LogP contribution in [-0.4, -0.2) is 24.7 Å². The summed E-state index contributed by atoms with van der Waals surface area (Å²) in [6, 6.07) is 0.361. The van der Waals surface area contributed by atoms with Crippen molar-refractivity contribution >= 4 is 5.91 Å². The minimum Gasteiger partial charge on any atom is -0.378 e. The summed E-state index contributed by atoms with van der Waals surface area (Å²) in [6.45, 7) is 7.00. The van der Waals surface area contributed by atoms with E-state index < -0.39 is 0 Å². The van der Waals surface area contributed by atoms with Crippen LogP contribution in [-0.2, 0) is 9.53 Å². The minimum absolute atomic E-state index is 0.150. The first kappa shape index (κ1) is 11.5. The molecule has 0 aromatic carbocycles. The van der Waals surface area contributed by atoms with Crippen molar-refractivity contribution in [3.63, 3.8) is 0 Å². The Balaban J connectivity index is 2.03. The zero-order valence-electron chi connectivity index (χ0n) is 9.38. The van der Waals surface area contributed by atoms with Gasteiger partial charge in [0, 0.05) is 19.1 Å². The lowest BCUT2D eigenvalue weighted by Gasteiger charge is -2.35. The van der Waals surface area contributed by atoms with Crippen molar-refractivity contribution in [2.45, 2.75) is 52.2 Å². The smallest absolute Gasteiger partial charge is 0.219 e. The first-order chi connectivity index (χ1) is 6.61. The molecule has 0 aromatic rings. The van der Waals surface area contributed by atoms with Crippen molar-refractivity contribution in [1.82, 2.24) is 5.32 Å². The fourth-order valence-electron chi connectivity index (χ4n) is 1.48. The Morgan fingerprint density at radius 3 is 2.64 bits per heavy atom. The fourth-order valence-corrected chi connectivity index (χ4v) is 1.48. The Bertz CT molecular complexity index is 186. The first-order valence-corrected chi connectivity index (χ1v) is 5.52. The van der Waals surface area contributed by atoms with E-state index in [4.69, 9.17) is 4.74 Å². The van der Waals surface area contributed by atoms with Gasteiger partial charge in [-0.05, 0) is 18.8 Å². The molecule has 0 saturated heterocycles. The molecule has 14 heavy (non-hydrogen) atoms. The summed E-state index contributed by atoms with van der Waals surface area (Å²) >= 11 is 0. The molecule has 82 valence electrons. The molecule has 0 aromatic heterocycles. The second-order valence-electron chi connectivity index (χ2n) is 4.44. The largest absolute Gasteiger partial charge is 0.378 e. The number of carbonyl (C=O) groups excluding carboxylic acids is 1. The molecule has 0 unspecified atom stereocenters. The molecule has 0 bridgehead atoms. The summed E-state index contributed by atoms with van der Waals surface area (Å²) in [5.41, 5.74) is 0. The van der Waals surface area contributed by atoms with E-state index in [-0.39, 0.29) is 5.91 Å². The number of rotatable bonds is 5. The van der Waals surface area contributed by atoms with Gasteiger partial charge in [-0.2, -0.15) is 0 Å². The Kier molecular flexibility index (Phi) is 4.39. The normalized spacial score (nSPS) is 26.0. The zero-order valence-corrected chi connectivity index (χ0v) is 9.38. The highest BCUT2D eigenvalue weighted by Crippen LogP contribution is 2.23. The summed E-state index contributed by atoms with van der Waals surface area (Å²) in [5.74, 6) is 0.747. The molecule has 0 atom stereocenters. The summed E-state index contributed by atoms with van der Waals surface area (Å²) in [7, 11) is 0. The minimum atomic E-state index is 0.150. The SMILES string of the molecule is CCC(=O)NC1CC(OCC(C)C)C1. The van der Waals surface area contributed by atoms with Gasteiger partial charge in [-0.25, -0.2) is 0 Å². The van der Waals surface area contributed by atoms with Crippen LogP contribution in [0.2, 0.25) is 0 Å². The molecule has 1 aliphatic rings. The molecule has 1 amide bonds. The molecule has 1 rings (SSSR count). The van der Waals surface area contributed by atoms with E-state index >= 15 is 0 Å². The fraction of sp³-hybridized carbons (Fsp3) is 0.909. The van der Waals surface area contributed by atoms with Crippen LogP contribution in [0.15, 0.2) is 0 Å². The highest BCUT2D eigenvalue weighted by atomic mass is 16.5. The Morgan fingerprint density at radius 1 is 1.50 bits per heavy atom. The van der Waals surface area contributed by atoms with E-state index in [1.807, 2.05) is 6.92 Å². The van der Waals surface area contributed by atoms with E-state index in [0.717, 1.165) is 19.4 Å². The molecule has 1 N–H and O–H groups in total. The van der Waals surface area contributed by atoms with Gasteiger partial charge < -0.3 is 10.1 Å². The van der Waals surface area contributed by atoms with Crippen LogP contribution >= 0.6 is 0 Å². The predicted octanol–water partition coefficient (Wildman–Crippen LogP) is 1.72. The van der Waals surface area contributed by atoms with Crippen molar-refractivity contribution in [2.24, 2.45) is 5.92 Å². The van der Waals surface area contributed by atoms with Crippen molar-refractivity contribution in [1.29, 1.82) is 0 Å². The van der Waals surface area contributed by atoms with Crippen LogP contribution in [0.4, 0.5) is 0 Å². The van der Waals surface area contributed by atoms with Crippen molar-refractivity contribution < 1.29 is 9.53 Å². The molecule has 3 heteroatoms. The van der Waals surface area contributed by atoms with Crippen LogP contribution in [0, 0.1) is 5.92 Å². The second-order valence-corrected chi connectivity index (χ2v) is 4.44. The Hall–Kier alpha value is -0.570. The third-order valence-corrected chi connectivity index (χ3v) is 2.45. The molecule has 1 aliphatic carbocycles. The predicted molar refractivity (Wildman–Crippen MR) is 56.0 cm³/mol. The van der Waals surface area contributed by atoms with Crippen molar-refractivity contribution in [3.05, 3.63) is 0 Å². The van der Waals surface area contributed by atoms with E-state index in [0.29, 0.717) is 24.5 Å². The summed E-state index contributed by atoms with van der Waals surface area (Å²) in [5, 5.41) is 2.96. The number of ether oxygens (including phenoxy) is 1. The lowest BCUT2D eigenvalue weighted by molar-refractivity contribution is -0.123. The number of carbonyl (C=O) groups is 1. The molecular formula is C11H21NO2. The third-order valence-electron chi connectivity index (χ3n) is 2.45. The maximum atomic E-state index is 11.0. The molecule has 0 aliphatic heterocycles. The molecule has 3 nitrogen and oxygen atoms in total. The van der Waals surface area contributed by atoms with Crippen LogP contribution in [0.5, 0.6) is 0 Å². The number of hydrogen-bond donors (Lipinski definition) is 1. The maximum Gasteiger partial charge on any atom is 0.219 e. The molecule has 0 radical (unpaired) electrons. The van der Waals surface area contributed by atoms with Crippen LogP contribution < -0.4 is 5.32 Å². The number of hydrogen-bond acceptors (Lipinski definition) is 2.